The lowest BCUT2D eigenvalue weighted by atomic mass is 9.76. The lowest BCUT2D eigenvalue weighted by Gasteiger charge is -2.46. The van der Waals surface area contributed by atoms with Crippen molar-refractivity contribution in [1.29, 1.82) is 0 Å². The van der Waals surface area contributed by atoms with E-state index in [0.717, 1.165) is 12.0 Å². The number of hydrogen-bond donors (Lipinski definition) is 1. The zero-order valence-corrected chi connectivity index (χ0v) is 13.5. The summed E-state index contributed by atoms with van der Waals surface area (Å²) in [5.74, 6) is 1.04. The molecular formula is C18H34N2. The molecule has 0 radical (unpaired) electrons. The highest BCUT2D eigenvalue weighted by atomic mass is 15.2. The Labute approximate surface area is 125 Å². The second kappa shape index (κ2) is 6.79. The monoisotopic (exact) mass is 278 g/mol. The van der Waals surface area contributed by atoms with E-state index in [0.29, 0.717) is 5.54 Å². The standard InChI is InChI=1S/C18H34N2/c1-19-18(11-5-2-6-12-18)13-15-20-14-7-9-16-8-3-4-10-17(16)20/h16-17,19H,2-15H2,1H3/t16-,17-/m1/s1. The molecule has 2 aliphatic carbocycles. The summed E-state index contributed by atoms with van der Waals surface area (Å²) in [6, 6.07) is 0.940. The van der Waals surface area contributed by atoms with E-state index in [2.05, 4.69) is 17.3 Å². The molecule has 1 aliphatic heterocycles. The fourth-order valence-corrected chi connectivity index (χ4v) is 5.22. The number of nitrogens with zero attached hydrogens (tertiary/aromatic N) is 1. The average molecular weight is 278 g/mol. The van der Waals surface area contributed by atoms with Gasteiger partial charge in [0.25, 0.3) is 0 Å². The Morgan fingerprint density at radius 3 is 2.50 bits per heavy atom. The summed E-state index contributed by atoms with van der Waals surface area (Å²) in [4.78, 5) is 2.88. The molecule has 0 spiro atoms. The van der Waals surface area contributed by atoms with Gasteiger partial charge >= 0.3 is 0 Å². The SMILES string of the molecule is CNC1(CCN2CCC[C@H]3CCCC[C@H]32)CCCCC1. The molecule has 116 valence electrons. The van der Waals surface area contributed by atoms with Crippen molar-refractivity contribution in [3.63, 3.8) is 0 Å². The van der Waals surface area contributed by atoms with Crippen molar-refractivity contribution in [1.82, 2.24) is 10.2 Å². The molecule has 0 aromatic rings. The van der Waals surface area contributed by atoms with Gasteiger partial charge < -0.3 is 10.2 Å². The zero-order valence-electron chi connectivity index (χ0n) is 13.5. The number of likely N-dealkylation sites (tertiary alicyclic amines) is 1. The molecule has 0 amide bonds. The highest BCUT2D eigenvalue weighted by Crippen LogP contribution is 2.37. The third-order valence-electron chi connectivity index (χ3n) is 6.58. The van der Waals surface area contributed by atoms with Gasteiger partial charge in [0.2, 0.25) is 0 Å². The van der Waals surface area contributed by atoms with E-state index < -0.39 is 0 Å². The molecule has 0 unspecified atom stereocenters. The summed E-state index contributed by atoms with van der Waals surface area (Å²) < 4.78 is 0. The van der Waals surface area contributed by atoms with E-state index >= 15 is 0 Å². The average Bonchev–Trinajstić information content (AvgIpc) is 2.54. The highest BCUT2D eigenvalue weighted by Gasteiger charge is 2.35. The van der Waals surface area contributed by atoms with E-state index in [1.807, 2.05) is 0 Å². The molecular weight excluding hydrogens is 244 g/mol. The molecule has 0 bridgehead atoms. The van der Waals surface area contributed by atoms with Gasteiger partial charge in [-0.2, -0.15) is 0 Å². The Hall–Kier alpha value is -0.0800. The van der Waals surface area contributed by atoms with E-state index in [9.17, 15) is 0 Å². The summed E-state index contributed by atoms with van der Waals surface area (Å²) in [6.45, 7) is 2.73. The third-order valence-corrected chi connectivity index (χ3v) is 6.58. The molecule has 20 heavy (non-hydrogen) atoms. The molecule has 2 nitrogen and oxygen atoms in total. The quantitative estimate of drug-likeness (QED) is 0.837. The van der Waals surface area contributed by atoms with Gasteiger partial charge in [-0.15, -0.1) is 0 Å². The Kier molecular flexibility index (Phi) is 5.04. The molecule has 1 saturated heterocycles. The molecule has 2 heteroatoms. The van der Waals surface area contributed by atoms with E-state index in [1.165, 1.54) is 90.1 Å². The van der Waals surface area contributed by atoms with Crippen molar-refractivity contribution < 1.29 is 0 Å². The van der Waals surface area contributed by atoms with Crippen LogP contribution in [-0.4, -0.2) is 36.6 Å². The van der Waals surface area contributed by atoms with Crippen LogP contribution in [0.2, 0.25) is 0 Å². The first-order valence-electron chi connectivity index (χ1n) is 9.26. The van der Waals surface area contributed by atoms with Crippen LogP contribution in [0.3, 0.4) is 0 Å². The molecule has 0 aromatic heterocycles. The maximum absolute atomic E-state index is 3.70. The van der Waals surface area contributed by atoms with Gasteiger partial charge in [-0.25, -0.2) is 0 Å². The summed E-state index contributed by atoms with van der Waals surface area (Å²) >= 11 is 0. The zero-order chi connectivity index (χ0) is 13.8. The normalized spacial score (nSPS) is 34.6. The van der Waals surface area contributed by atoms with E-state index in [4.69, 9.17) is 0 Å². The fraction of sp³-hybridized carbons (Fsp3) is 1.00. The van der Waals surface area contributed by atoms with Gasteiger partial charge in [-0.05, 0) is 64.5 Å². The Balaban J connectivity index is 1.56. The van der Waals surface area contributed by atoms with Gasteiger partial charge in [0.1, 0.15) is 0 Å². The van der Waals surface area contributed by atoms with Crippen LogP contribution < -0.4 is 5.32 Å². The predicted molar refractivity (Wildman–Crippen MR) is 86.0 cm³/mol. The first-order chi connectivity index (χ1) is 9.83. The first-order valence-corrected chi connectivity index (χ1v) is 9.26. The topological polar surface area (TPSA) is 15.3 Å². The molecule has 2 atom stereocenters. The van der Waals surface area contributed by atoms with Crippen LogP contribution in [0.25, 0.3) is 0 Å². The highest BCUT2D eigenvalue weighted by molar-refractivity contribution is 4.93. The lowest BCUT2D eigenvalue weighted by Crippen LogP contribution is -2.51. The molecule has 1 heterocycles. The predicted octanol–water partition coefficient (Wildman–Crippen LogP) is 3.95. The number of rotatable bonds is 4. The van der Waals surface area contributed by atoms with Crippen LogP contribution in [0.1, 0.15) is 77.0 Å². The second-order valence-corrected chi connectivity index (χ2v) is 7.63. The molecule has 3 fully saturated rings. The van der Waals surface area contributed by atoms with Crippen molar-refractivity contribution in [2.24, 2.45) is 5.92 Å². The number of hydrogen-bond acceptors (Lipinski definition) is 2. The maximum atomic E-state index is 3.70. The Morgan fingerprint density at radius 1 is 0.950 bits per heavy atom. The second-order valence-electron chi connectivity index (χ2n) is 7.63. The summed E-state index contributed by atoms with van der Waals surface area (Å²) in [5, 5.41) is 3.70. The van der Waals surface area contributed by atoms with Crippen LogP contribution in [0.15, 0.2) is 0 Å². The van der Waals surface area contributed by atoms with Gasteiger partial charge in [-0.3, -0.25) is 0 Å². The van der Waals surface area contributed by atoms with Crippen molar-refractivity contribution in [3.05, 3.63) is 0 Å². The van der Waals surface area contributed by atoms with E-state index in [-0.39, 0.29) is 0 Å². The minimum Gasteiger partial charge on any atom is -0.314 e. The van der Waals surface area contributed by atoms with Crippen LogP contribution in [0.4, 0.5) is 0 Å². The van der Waals surface area contributed by atoms with Crippen LogP contribution >= 0.6 is 0 Å². The van der Waals surface area contributed by atoms with E-state index in [1.54, 1.807) is 0 Å². The number of nitrogens with one attached hydrogen (secondary N) is 1. The third kappa shape index (κ3) is 3.22. The number of fused-ring (bicyclic) bond motifs is 1. The fourth-order valence-electron chi connectivity index (χ4n) is 5.22. The summed E-state index contributed by atoms with van der Waals surface area (Å²) in [7, 11) is 2.20. The molecule has 0 aromatic carbocycles. The summed E-state index contributed by atoms with van der Waals surface area (Å²) in [5.41, 5.74) is 0.472. The van der Waals surface area contributed by atoms with Crippen LogP contribution in [-0.2, 0) is 0 Å². The van der Waals surface area contributed by atoms with Crippen LogP contribution in [0, 0.1) is 5.92 Å². The minimum absolute atomic E-state index is 0.472. The number of piperidine rings is 1. The maximum Gasteiger partial charge on any atom is 0.0190 e. The van der Waals surface area contributed by atoms with Gasteiger partial charge in [0.15, 0.2) is 0 Å². The molecule has 2 saturated carbocycles. The van der Waals surface area contributed by atoms with Crippen molar-refractivity contribution in [3.8, 4) is 0 Å². The van der Waals surface area contributed by atoms with Crippen molar-refractivity contribution in [2.75, 3.05) is 20.1 Å². The van der Waals surface area contributed by atoms with Gasteiger partial charge in [0.05, 0.1) is 0 Å². The van der Waals surface area contributed by atoms with Crippen molar-refractivity contribution >= 4 is 0 Å². The smallest absolute Gasteiger partial charge is 0.0190 e. The Bertz CT molecular complexity index is 294. The first kappa shape index (κ1) is 14.8. The molecule has 1 N–H and O–H groups in total. The van der Waals surface area contributed by atoms with Gasteiger partial charge in [-0.1, -0.05) is 32.1 Å². The largest absolute Gasteiger partial charge is 0.314 e. The molecule has 3 rings (SSSR count). The molecule has 3 aliphatic rings. The summed E-state index contributed by atoms with van der Waals surface area (Å²) in [6.07, 6.45) is 17.5. The van der Waals surface area contributed by atoms with Gasteiger partial charge in [0, 0.05) is 18.1 Å². The van der Waals surface area contributed by atoms with Crippen LogP contribution in [0.5, 0.6) is 0 Å². The Morgan fingerprint density at radius 2 is 1.70 bits per heavy atom. The minimum atomic E-state index is 0.472. The van der Waals surface area contributed by atoms with Crippen molar-refractivity contribution in [2.45, 2.75) is 88.6 Å². The lowest BCUT2D eigenvalue weighted by molar-refractivity contribution is 0.0494.